The van der Waals surface area contributed by atoms with E-state index in [2.05, 4.69) is 9.99 Å². The Kier molecular flexibility index (Phi) is 21.9. The van der Waals surface area contributed by atoms with Gasteiger partial charge in [-0.15, -0.1) is 0 Å². The van der Waals surface area contributed by atoms with Crippen LogP contribution in [0, 0.1) is 5.92 Å². The fourth-order valence-corrected chi connectivity index (χ4v) is 0.304. The van der Waals surface area contributed by atoms with Gasteiger partial charge in [-0.3, -0.25) is 4.84 Å². The van der Waals surface area contributed by atoms with Gasteiger partial charge >= 0.3 is 43.8 Å². The zero-order valence-corrected chi connectivity index (χ0v) is 13.6. The number of oxime groups is 1. The van der Waals surface area contributed by atoms with Crippen LogP contribution in [0.4, 0.5) is 4.79 Å². The molecule has 8 heteroatoms. The Labute approximate surface area is 138 Å². The molecule has 86 valence electrons. The SMILES string of the molecule is CC(C)/C(Cl)=N\OC(=O)N(C)C.[Ca+2].[Cl-].[Cl-]. The Bertz CT molecular complexity index is 201. The van der Waals surface area contributed by atoms with Crippen LogP contribution in [0.3, 0.4) is 0 Å². The van der Waals surface area contributed by atoms with Crippen molar-refractivity contribution < 1.29 is 34.4 Å². The second kappa shape index (κ2) is 13.1. The first-order chi connectivity index (χ1) is 5.45. The number of carbonyl (C=O) groups excluding carboxylic acids is 1. The zero-order chi connectivity index (χ0) is 9.72. The molecule has 0 rings (SSSR count). The molecule has 4 nitrogen and oxygen atoms in total. The number of hydrogen-bond donors (Lipinski definition) is 0. The van der Waals surface area contributed by atoms with E-state index in [9.17, 15) is 4.79 Å². The van der Waals surface area contributed by atoms with Crippen molar-refractivity contribution in [1.82, 2.24) is 4.90 Å². The maximum Gasteiger partial charge on any atom is 2.00 e. The number of rotatable bonds is 2. The predicted octanol–water partition coefficient (Wildman–Crippen LogP) is -4.48. The van der Waals surface area contributed by atoms with Crippen LogP contribution in [-0.4, -0.2) is 68.0 Å². The molecule has 0 bridgehead atoms. The molecular formula is C7H13CaCl3N2O2. The molecule has 0 atom stereocenters. The van der Waals surface area contributed by atoms with E-state index in [0.717, 1.165) is 0 Å². The minimum atomic E-state index is -0.534. The molecule has 0 unspecified atom stereocenters. The number of nitrogens with zero attached hydrogens (tertiary/aromatic N) is 2. The molecule has 0 fully saturated rings. The summed E-state index contributed by atoms with van der Waals surface area (Å²) in [5.41, 5.74) is 0. The topological polar surface area (TPSA) is 41.9 Å². The average Bonchev–Trinajstić information content (AvgIpc) is 1.98. The van der Waals surface area contributed by atoms with E-state index >= 15 is 0 Å². The molecule has 0 aliphatic carbocycles. The van der Waals surface area contributed by atoms with Crippen molar-refractivity contribution >= 4 is 60.6 Å². The standard InChI is InChI=1S/C7H13ClN2O2.Ca.2ClH/c1-5(2)6(8)9-12-7(11)10(3)4;;;/h5H,1-4H3;;2*1H/q;+2;;/p-2/b9-6+;;;. The Hall–Kier alpha value is 1.07. The molecule has 0 saturated heterocycles. The van der Waals surface area contributed by atoms with Crippen molar-refractivity contribution in [1.29, 1.82) is 0 Å². The summed E-state index contributed by atoms with van der Waals surface area (Å²) < 4.78 is 0. The van der Waals surface area contributed by atoms with Crippen LogP contribution >= 0.6 is 11.6 Å². The quantitative estimate of drug-likeness (QED) is 0.223. The molecule has 0 aromatic carbocycles. The minimum absolute atomic E-state index is 0. The van der Waals surface area contributed by atoms with Crippen molar-refractivity contribution in [3.63, 3.8) is 0 Å². The average molecular weight is 304 g/mol. The summed E-state index contributed by atoms with van der Waals surface area (Å²) in [4.78, 5) is 16.5. The predicted molar refractivity (Wildman–Crippen MR) is 54.0 cm³/mol. The van der Waals surface area contributed by atoms with Gasteiger partial charge in [0.05, 0.1) is 0 Å². The minimum Gasteiger partial charge on any atom is -1.00 e. The molecule has 15 heavy (non-hydrogen) atoms. The van der Waals surface area contributed by atoms with Gasteiger partial charge in [-0.25, -0.2) is 4.79 Å². The molecule has 1 amide bonds. The summed E-state index contributed by atoms with van der Waals surface area (Å²) in [6.07, 6.45) is -0.534. The molecule has 0 spiro atoms. The van der Waals surface area contributed by atoms with Crippen molar-refractivity contribution in [2.75, 3.05) is 14.1 Å². The first-order valence-corrected chi connectivity index (χ1v) is 3.94. The van der Waals surface area contributed by atoms with Gasteiger partial charge in [0.1, 0.15) is 5.17 Å². The van der Waals surface area contributed by atoms with Crippen LogP contribution in [0.2, 0.25) is 0 Å². The van der Waals surface area contributed by atoms with Gasteiger partial charge in [0.15, 0.2) is 0 Å². The smallest absolute Gasteiger partial charge is 1.00 e. The third kappa shape index (κ3) is 13.0. The Balaban J connectivity index is -0.000000202. The van der Waals surface area contributed by atoms with Crippen LogP contribution < -0.4 is 24.8 Å². The van der Waals surface area contributed by atoms with Gasteiger partial charge in [-0.05, 0) is 0 Å². The summed E-state index contributed by atoms with van der Waals surface area (Å²) in [7, 11) is 3.14. The largest absolute Gasteiger partial charge is 2.00 e. The van der Waals surface area contributed by atoms with E-state index in [4.69, 9.17) is 11.6 Å². The van der Waals surface area contributed by atoms with Crippen molar-refractivity contribution in [3.8, 4) is 0 Å². The zero-order valence-electron chi connectivity index (χ0n) is 9.13. The Morgan fingerprint density at radius 1 is 1.33 bits per heavy atom. The van der Waals surface area contributed by atoms with Crippen LogP contribution in [0.1, 0.15) is 13.8 Å². The van der Waals surface area contributed by atoms with E-state index in [0.29, 0.717) is 0 Å². The molecule has 0 aromatic rings. The number of hydrogen-bond acceptors (Lipinski definition) is 3. The van der Waals surface area contributed by atoms with Crippen LogP contribution in [0.25, 0.3) is 0 Å². The molecule has 0 N–H and O–H groups in total. The van der Waals surface area contributed by atoms with E-state index in [-0.39, 0.29) is 73.6 Å². The fraction of sp³-hybridized carbons (Fsp3) is 0.714. The summed E-state index contributed by atoms with van der Waals surface area (Å²) >= 11 is 5.62. The normalized spacial score (nSPS) is 9.33. The van der Waals surface area contributed by atoms with Crippen LogP contribution in [-0.2, 0) is 4.84 Å². The van der Waals surface area contributed by atoms with Crippen molar-refractivity contribution in [2.45, 2.75) is 13.8 Å². The second-order valence-corrected chi connectivity index (χ2v) is 3.21. The number of amides is 1. The van der Waals surface area contributed by atoms with Crippen LogP contribution in [0.15, 0.2) is 5.16 Å². The van der Waals surface area contributed by atoms with E-state index in [1.807, 2.05) is 13.8 Å². The molecule has 0 heterocycles. The van der Waals surface area contributed by atoms with E-state index in [1.165, 1.54) is 4.90 Å². The molecule has 0 aromatic heterocycles. The van der Waals surface area contributed by atoms with Gasteiger partial charge in [-0.1, -0.05) is 30.6 Å². The van der Waals surface area contributed by atoms with E-state index < -0.39 is 6.09 Å². The van der Waals surface area contributed by atoms with Gasteiger partial charge < -0.3 is 29.7 Å². The molecule has 0 aliphatic heterocycles. The fourth-order valence-electron chi connectivity index (χ4n) is 0.270. The van der Waals surface area contributed by atoms with Crippen molar-refractivity contribution in [2.24, 2.45) is 11.1 Å². The number of halogens is 3. The maximum absolute atomic E-state index is 10.8. The monoisotopic (exact) mass is 302 g/mol. The summed E-state index contributed by atoms with van der Waals surface area (Å²) in [6, 6.07) is 0. The molecular weight excluding hydrogens is 291 g/mol. The first kappa shape index (κ1) is 25.1. The molecule has 0 aliphatic rings. The Morgan fingerprint density at radius 2 is 1.73 bits per heavy atom. The summed E-state index contributed by atoms with van der Waals surface area (Å²) in [6.45, 7) is 3.71. The molecule has 0 radical (unpaired) electrons. The Morgan fingerprint density at radius 3 is 2.00 bits per heavy atom. The third-order valence-corrected chi connectivity index (χ3v) is 1.56. The van der Waals surface area contributed by atoms with Gasteiger partial charge in [0.2, 0.25) is 0 Å². The maximum atomic E-state index is 10.8. The van der Waals surface area contributed by atoms with E-state index in [1.54, 1.807) is 14.1 Å². The van der Waals surface area contributed by atoms with Gasteiger partial charge in [0.25, 0.3) is 0 Å². The van der Waals surface area contributed by atoms with Crippen LogP contribution in [0.5, 0.6) is 0 Å². The first-order valence-electron chi connectivity index (χ1n) is 3.56. The van der Waals surface area contributed by atoms with Crippen molar-refractivity contribution in [3.05, 3.63) is 0 Å². The van der Waals surface area contributed by atoms with Gasteiger partial charge in [-0.2, -0.15) is 0 Å². The second-order valence-electron chi connectivity index (χ2n) is 2.82. The molecule has 0 saturated carbocycles. The number of carbonyl (C=O) groups is 1. The third-order valence-electron chi connectivity index (χ3n) is 1.05. The summed E-state index contributed by atoms with van der Waals surface area (Å²) in [5.74, 6) is 0.0710. The summed E-state index contributed by atoms with van der Waals surface area (Å²) in [5, 5.41) is 3.72. The van der Waals surface area contributed by atoms with Gasteiger partial charge in [0, 0.05) is 20.0 Å².